The van der Waals surface area contributed by atoms with Crippen LogP contribution in [0.25, 0.3) is 0 Å². The maximum Gasteiger partial charge on any atom is 0.245 e. The van der Waals surface area contributed by atoms with Gasteiger partial charge in [-0.2, -0.15) is 0 Å². The SMILES string of the molecule is CC(=O)C(Br)C(=O)Nc1ccccc1. The Morgan fingerprint density at radius 3 is 2.36 bits per heavy atom. The van der Waals surface area contributed by atoms with Gasteiger partial charge in [0.05, 0.1) is 0 Å². The number of nitrogens with one attached hydrogen (secondary N) is 1. The number of amides is 1. The molecule has 0 saturated heterocycles. The number of carbonyl (C=O) groups is 2. The first-order chi connectivity index (χ1) is 6.61. The van der Waals surface area contributed by atoms with Crippen LogP contribution in [0.5, 0.6) is 0 Å². The van der Waals surface area contributed by atoms with Gasteiger partial charge in [0.25, 0.3) is 0 Å². The summed E-state index contributed by atoms with van der Waals surface area (Å²) in [5.41, 5.74) is 0.684. The molecule has 0 aliphatic carbocycles. The van der Waals surface area contributed by atoms with Crippen molar-refractivity contribution in [3.05, 3.63) is 30.3 Å². The Kier molecular flexibility index (Phi) is 3.83. The Bertz CT molecular complexity index is 337. The molecule has 0 aliphatic heterocycles. The molecule has 0 aliphatic rings. The Balaban J connectivity index is 2.62. The van der Waals surface area contributed by atoms with E-state index in [1.807, 2.05) is 18.2 Å². The topological polar surface area (TPSA) is 46.2 Å². The smallest absolute Gasteiger partial charge is 0.245 e. The van der Waals surface area contributed by atoms with Crippen molar-refractivity contribution in [1.29, 1.82) is 0 Å². The van der Waals surface area contributed by atoms with E-state index in [4.69, 9.17) is 0 Å². The lowest BCUT2D eigenvalue weighted by Crippen LogP contribution is -2.28. The molecule has 0 heterocycles. The summed E-state index contributed by atoms with van der Waals surface area (Å²) >= 11 is 3.00. The number of Topliss-reactive ketones (excluding diaryl/α,β-unsaturated/α-hetero) is 1. The summed E-state index contributed by atoms with van der Waals surface area (Å²) in [6.45, 7) is 1.37. The molecule has 1 amide bonds. The molecule has 0 bridgehead atoms. The van der Waals surface area contributed by atoms with E-state index >= 15 is 0 Å². The summed E-state index contributed by atoms with van der Waals surface area (Å²) in [5, 5.41) is 2.62. The van der Waals surface area contributed by atoms with Crippen LogP contribution in [0, 0.1) is 0 Å². The van der Waals surface area contributed by atoms with Gasteiger partial charge >= 0.3 is 0 Å². The van der Waals surface area contributed by atoms with Crippen LogP contribution in [0.15, 0.2) is 30.3 Å². The highest BCUT2D eigenvalue weighted by molar-refractivity contribution is 9.10. The molecule has 0 saturated carbocycles. The number of alkyl halides is 1. The number of hydrogen-bond acceptors (Lipinski definition) is 2. The normalized spacial score (nSPS) is 11.9. The fourth-order valence-electron chi connectivity index (χ4n) is 0.912. The minimum absolute atomic E-state index is 0.210. The molecule has 1 rings (SSSR count). The highest BCUT2D eigenvalue weighted by Crippen LogP contribution is 2.09. The number of anilines is 1. The molecule has 1 aromatic rings. The largest absolute Gasteiger partial charge is 0.325 e. The molecule has 3 nitrogen and oxygen atoms in total. The van der Waals surface area contributed by atoms with Gasteiger partial charge in [-0.05, 0) is 19.1 Å². The Morgan fingerprint density at radius 2 is 1.86 bits per heavy atom. The van der Waals surface area contributed by atoms with E-state index in [0.717, 1.165) is 0 Å². The van der Waals surface area contributed by atoms with Crippen molar-refractivity contribution < 1.29 is 9.59 Å². The van der Waals surface area contributed by atoms with E-state index in [9.17, 15) is 9.59 Å². The Morgan fingerprint density at radius 1 is 1.29 bits per heavy atom. The second-order valence-electron chi connectivity index (χ2n) is 2.83. The van der Waals surface area contributed by atoms with Crippen LogP contribution in [0.2, 0.25) is 0 Å². The van der Waals surface area contributed by atoms with E-state index in [1.165, 1.54) is 6.92 Å². The van der Waals surface area contributed by atoms with Crippen molar-refractivity contribution in [3.63, 3.8) is 0 Å². The summed E-state index contributed by atoms with van der Waals surface area (Å²) in [7, 11) is 0. The third kappa shape index (κ3) is 2.96. The highest BCUT2D eigenvalue weighted by atomic mass is 79.9. The van der Waals surface area contributed by atoms with Gasteiger partial charge in [0.15, 0.2) is 10.6 Å². The summed E-state index contributed by atoms with van der Waals surface area (Å²) in [5.74, 6) is -0.554. The standard InChI is InChI=1S/C10H10BrNO2/c1-7(13)9(11)10(14)12-8-5-3-2-4-6-8/h2-6,9H,1H3,(H,12,14). The van der Waals surface area contributed by atoms with Crippen molar-refractivity contribution in [2.75, 3.05) is 5.32 Å². The average Bonchev–Trinajstić information content (AvgIpc) is 2.18. The number of carbonyl (C=O) groups excluding carboxylic acids is 2. The lowest BCUT2D eigenvalue weighted by molar-refractivity contribution is -0.123. The van der Waals surface area contributed by atoms with Crippen molar-refractivity contribution >= 4 is 33.3 Å². The number of benzene rings is 1. The number of hydrogen-bond donors (Lipinski definition) is 1. The Labute approximate surface area is 90.6 Å². The van der Waals surface area contributed by atoms with Crippen LogP contribution >= 0.6 is 15.9 Å². The summed E-state index contributed by atoms with van der Waals surface area (Å²) in [4.78, 5) is 21.5. The van der Waals surface area contributed by atoms with E-state index in [1.54, 1.807) is 12.1 Å². The quantitative estimate of drug-likeness (QED) is 0.663. The molecule has 4 heteroatoms. The van der Waals surface area contributed by atoms with Crippen LogP contribution in [-0.2, 0) is 9.59 Å². The molecule has 0 spiro atoms. The molecular formula is C10H10BrNO2. The second kappa shape index (κ2) is 4.91. The van der Waals surface area contributed by atoms with Gasteiger partial charge in [0, 0.05) is 5.69 Å². The van der Waals surface area contributed by atoms with Gasteiger partial charge in [-0.1, -0.05) is 34.1 Å². The molecule has 0 fully saturated rings. The molecule has 1 N–H and O–H groups in total. The van der Waals surface area contributed by atoms with Crippen LogP contribution in [0.4, 0.5) is 5.69 Å². The summed E-state index contributed by atoms with van der Waals surface area (Å²) in [6, 6.07) is 9.00. The molecule has 1 atom stereocenters. The van der Waals surface area contributed by atoms with Crippen molar-refractivity contribution in [1.82, 2.24) is 0 Å². The minimum Gasteiger partial charge on any atom is -0.325 e. The van der Waals surface area contributed by atoms with E-state index in [0.29, 0.717) is 5.69 Å². The van der Waals surface area contributed by atoms with Crippen LogP contribution in [0.3, 0.4) is 0 Å². The summed E-state index contributed by atoms with van der Waals surface area (Å²) < 4.78 is 0. The molecule has 1 aromatic carbocycles. The van der Waals surface area contributed by atoms with Crippen molar-refractivity contribution in [2.24, 2.45) is 0 Å². The summed E-state index contributed by atoms with van der Waals surface area (Å²) in [6.07, 6.45) is 0. The van der Waals surface area contributed by atoms with Crippen molar-refractivity contribution in [3.8, 4) is 0 Å². The zero-order chi connectivity index (χ0) is 10.6. The van der Waals surface area contributed by atoms with Gasteiger partial charge in [-0.15, -0.1) is 0 Å². The minimum atomic E-state index is -0.775. The van der Waals surface area contributed by atoms with Crippen LogP contribution in [0.1, 0.15) is 6.92 Å². The molecule has 0 radical (unpaired) electrons. The highest BCUT2D eigenvalue weighted by Gasteiger charge is 2.19. The van der Waals surface area contributed by atoms with Gasteiger partial charge in [-0.3, -0.25) is 9.59 Å². The molecule has 74 valence electrons. The number of ketones is 1. The number of rotatable bonds is 3. The van der Waals surface area contributed by atoms with E-state index in [2.05, 4.69) is 21.2 Å². The lowest BCUT2D eigenvalue weighted by atomic mass is 10.2. The third-order valence-corrected chi connectivity index (χ3v) is 2.69. The Hall–Kier alpha value is -1.16. The van der Waals surface area contributed by atoms with E-state index in [-0.39, 0.29) is 11.7 Å². The zero-order valence-corrected chi connectivity index (χ0v) is 9.24. The molecule has 1 unspecified atom stereocenters. The van der Waals surface area contributed by atoms with Gasteiger partial charge < -0.3 is 5.32 Å². The maximum atomic E-state index is 11.4. The van der Waals surface area contributed by atoms with Gasteiger partial charge in [-0.25, -0.2) is 0 Å². The maximum absolute atomic E-state index is 11.4. The third-order valence-electron chi connectivity index (χ3n) is 1.63. The first-order valence-electron chi connectivity index (χ1n) is 4.11. The fourth-order valence-corrected chi connectivity index (χ4v) is 1.03. The van der Waals surface area contributed by atoms with E-state index < -0.39 is 4.83 Å². The van der Waals surface area contributed by atoms with Crippen LogP contribution in [-0.4, -0.2) is 16.5 Å². The fraction of sp³-hybridized carbons (Fsp3) is 0.200. The van der Waals surface area contributed by atoms with Gasteiger partial charge in [0.2, 0.25) is 5.91 Å². The number of halogens is 1. The average molecular weight is 256 g/mol. The molecule has 0 aromatic heterocycles. The molecule has 14 heavy (non-hydrogen) atoms. The first-order valence-corrected chi connectivity index (χ1v) is 5.03. The van der Waals surface area contributed by atoms with Crippen LogP contribution < -0.4 is 5.32 Å². The van der Waals surface area contributed by atoms with Crippen molar-refractivity contribution in [2.45, 2.75) is 11.8 Å². The zero-order valence-electron chi connectivity index (χ0n) is 7.66. The molecular weight excluding hydrogens is 246 g/mol. The predicted octanol–water partition coefficient (Wildman–Crippen LogP) is 1.98. The monoisotopic (exact) mass is 255 g/mol. The first kappa shape index (κ1) is 10.9. The second-order valence-corrected chi connectivity index (χ2v) is 3.74. The number of para-hydroxylation sites is 1. The van der Waals surface area contributed by atoms with Gasteiger partial charge in [0.1, 0.15) is 0 Å². The lowest BCUT2D eigenvalue weighted by Gasteiger charge is -2.07. The predicted molar refractivity (Wildman–Crippen MR) is 58.5 cm³/mol.